The third kappa shape index (κ3) is 4.44. The second-order valence-corrected chi connectivity index (χ2v) is 9.05. The quantitative estimate of drug-likeness (QED) is 0.570. The molecule has 0 N–H and O–H groups in total. The van der Waals surface area contributed by atoms with E-state index in [9.17, 15) is 4.79 Å². The lowest BCUT2D eigenvalue weighted by atomic mass is 10.2. The van der Waals surface area contributed by atoms with Gasteiger partial charge < -0.3 is 4.43 Å². The van der Waals surface area contributed by atoms with Crippen LogP contribution in [0.3, 0.4) is 0 Å². The van der Waals surface area contributed by atoms with Gasteiger partial charge in [-0.3, -0.25) is 4.79 Å². The minimum atomic E-state index is -1.14. The Morgan fingerprint density at radius 1 is 1.12 bits per heavy atom. The summed E-state index contributed by atoms with van der Waals surface area (Å²) in [5.74, 6) is 0. The summed E-state index contributed by atoms with van der Waals surface area (Å²) in [5, 5.41) is 0. The van der Waals surface area contributed by atoms with Crippen molar-refractivity contribution in [2.24, 2.45) is 0 Å². The van der Waals surface area contributed by atoms with Crippen molar-refractivity contribution in [1.29, 1.82) is 0 Å². The van der Waals surface area contributed by atoms with Crippen molar-refractivity contribution in [3.05, 3.63) is 35.4 Å². The highest BCUT2D eigenvalue weighted by atomic mass is 28.3. The maximum Gasteiger partial charge on any atom is 0.182 e. The second-order valence-electron chi connectivity index (χ2n) is 5.12. The molecule has 0 unspecified atom stereocenters. The molecule has 0 aliphatic carbocycles. The first kappa shape index (κ1) is 14.1. The number of aldehydes is 1. The van der Waals surface area contributed by atoms with Crippen molar-refractivity contribution in [3.8, 4) is 0 Å². The molecule has 0 saturated heterocycles. The zero-order chi connectivity index (χ0) is 12.8. The van der Waals surface area contributed by atoms with Crippen LogP contribution in [0.5, 0.6) is 0 Å². The zero-order valence-corrected chi connectivity index (χ0v) is 12.3. The van der Waals surface area contributed by atoms with E-state index < -0.39 is 9.04 Å². The lowest BCUT2D eigenvalue weighted by Crippen LogP contribution is -2.25. The summed E-state index contributed by atoms with van der Waals surface area (Å²) in [7, 11) is -1.14. The van der Waals surface area contributed by atoms with Crippen LogP contribution in [0.4, 0.5) is 0 Å². The summed E-state index contributed by atoms with van der Waals surface area (Å²) in [4.78, 5) is 10.5. The van der Waals surface area contributed by atoms with Crippen LogP contribution in [0, 0.1) is 0 Å². The fourth-order valence-corrected chi connectivity index (χ4v) is 4.73. The first-order valence-electron chi connectivity index (χ1n) is 6.20. The SMILES string of the molecule is CC(C)[SiH](OCc1ccc(C=O)cc1)C(C)C. The molecule has 0 spiro atoms. The van der Waals surface area contributed by atoms with Crippen LogP contribution in [-0.2, 0) is 11.0 Å². The van der Waals surface area contributed by atoms with Crippen molar-refractivity contribution < 1.29 is 9.22 Å². The molecule has 0 fully saturated rings. The van der Waals surface area contributed by atoms with Crippen molar-refractivity contribution >= 4 is 15.3 Å². The average Bonchev–Trinajstić information content (AvgIpc) is 2.29. The van der Waals surface area contributed by atoms with E-state index in [4.69, 9.17) is 4.43 Å². The highest BCUT2D eigenvalue weighted by Crippen LogP contribution is 2.22. The van der Waals surface area contributed by atoms with Gasteiger partial charge in [-0.1, -0.05) is 52.0 Å². The van der Waals surface area contributed by atoms with Gasteiger partial charge >= 0.3 is 0 Å². The van der Waals surface area contributed by atoms with Crippen LogP contribution < -0.4 is 0 Å². The molecular weight excluding hydrogens is 228 g/mol. The summed E-state index contributed by atoms with van der Waals surface area (Å²) in [5.41, 5.74) is 3.18. The molecular formula is C14H22O2Si. The minimum absolute atomic E-state index is 0.657. The molecule has 0 aromatic heterocycles. The number of hydrogen-bond acceptors (Lipinski definition) is 2. The third-order valence-corrected chi connectivity index (χ3v) is 6.05. The fraction of sp³-hybridized carbons (Fsp3) is 0.500. The van der Waals surface area contributed by atoms with E-state index in [2.05, 4.69) is 27.7 Å². The number of carbonyl (C=O) groups is 1. The van der Waals surface area contributed by atoms with Crippen LogP contribution in [0.2, 0.25) is 11.1 Å². The molecule has 0 heterocycles. The van der Waals surface area contributed by atoms with Crippen LogP contribution in [0.1, 0.15) is 43.6 Å². The van der Waals surface area contributed by atoms with E-state index in [0.717, 1.165) is 17.4 Å². The Morgan fingerprint density at radius 3 is 2.06 bits per heavy atom. The Hall–Kier alpha value is -0.933. The normalized spacial score (nSPS) is 11.5. The third-order valence-electron chi connectivity index (χ3n) is 2.87. The largest absolute Gasteiger partial charge is 0.415 e. The molecule has 3 heteroatoms. The van der Waals surface area contributed by atoms with Crippen LogP contribution in [-0.4, -0.2) is 15.3 Å². The second kappa shape index (κ2) is 6.72. The zero-order valence-electron chi connectivity index (χ0n) is 11.1. The monoisotopic (exact) mass is 250 g/mol. The van der Waals surface area contributed by atoms with Gasteiger partial charge in [0.05, 0.1) is 6.61 Å². The fourth-order valence-electron chi connectivity index (χ4n) is 2.04. The molecule has 0 bridgehead atoms. The molecule has 2 nitrogen and oxygen atoms in total. The Kier molecular flexibility index (Phi) is 5.58. The molecule has 0 amide bonds. The molecule has 1 aromatic carbocycles. The first-order valence-corrected chi connectivity index (χ1v) is 8.00. The Balaban J connectivity index is 2.56. The molecule has 1 aromatic rings. The molecule has 0 saturated carbocycles. The molecule has 0 aliphatic heterocycles. The van der Waals surface area contributed by atoms with Gasteiger partial charge in [-0.2, -0.15) is 0 Å². The van der Waals surface area contributed by atoms with Gasteiger partial charge in [0, 0.05) is 5.56 Å². The summed E-state index contributed by atoms with van der Waals surface area (Å²) >= 11 is 0. The summed E-state index contributed by atoms with van der Waals surface area (Å²) in [6, 6.07) is 7.62. The van der Waals surface area contributed by atoms with Gasteiger partial charge in [0.2, 0.25) is 0 Å². The van der Waals surface area contributed by atoms with Crippen molar-refractivity contribution in [2.45, 2.75) is 45.4 Å². The molecule has 94 valence electrons. The van der Waals surface area contributed by atoms with E-state index in [1.165, 1.54) is 0 Å². The molecule has 0 atom stereocenters. The van der Waals surface area contributed by atoms with Crippen molar-refractivity contribution in [3.63, 3.8) is 0 Å². The van der Waals surface area contributed by atoms with Crippen LogP contribution in [0.25, 0.3) is 0 Å². The predicted molar refractivity (Wildman–Crippen MR) is 74.0 cm³/mol. The Bertz CT molecular complexity index is 336. The summed E-state index contributed by atoms with van der Waals surface area (Å²) < 4.78 is 6.08. The molecule has 0 aliphatic rings. The van der Waals surface area contributed by atoms with E-state index in [0.29, 0.717) is 17.7 Å². The molecule has 17 heavy (non-hydrogen) atoms. The maximum atomic E-state index is 10.5. The maximum absolute atomic E-state index is 10.5. The number of hydrogen-bond donors (Lipinski definition) is 0. The van der Waals surface area contributed by atoms with Crippen LogP contribution in [0.15, 0.2) is 24.3 Å². The van der Waals surface area contributed by atoms with Gasteiger partial charge in [-0.15, -0.1) is 0 Å². The van der Waals surface area contributed by atoms with Crippen LogP contribution >= 0.6 is 0 Å². The minimum Gasteiger partial charge on any atom is -0.415 e. The standard InChI is InChI=1S/C14H22O2Si/c1-11(2)17(12(3)4)16-10-14-7-5-13(9-15)6-8-14/h5-9,11-12,17H,10H2,1-4H3. The Labute approximate surface area is 106 Å². The molecule has 1 rings (SSSR count). The van der Waals surface area contributed by atoms with E-state index in [1.807, 2.05) is 24.3 Å². The van der Waals surface area contributed by atoms with Crippen molar-refractivity contribution in [2.75, 3.05) is 0 Å². The number of rotatable bonds is 6. The van der Waals surface area contributed by atoms with Crippen molar-refractivity contribution in [1.82, 2.24) is 0 Å². The topological polar surface area (TPSA) is 26.3 Å². The number of carbonyl (C=O) groups excluding carboxylic acids is 1. The van der Waals surface area contributed by atoms with E-state index >= 15 is 0 Å². The van der Waals surface area contributed by atoms with Gasteiger partial charge in [0.15, 0.2) is 9.04 Å². The highest BCUT2D eigenvalue weighted by molar-refractivity contribution is 6.54. The summed E-state index contributed by atoms with van der Waals surface area (Å²) in [6.45, 7) is 9.64. The molecule has 0 radical (unpaired) electrons. The Morgan fingerprint density at radius 2 is 1.65 bits per heavy atom. The van der Waals surface area contributed by atoms with E-state index in [-0.39, 0.29) is 0 Å². The first-order chi connectivity index (χ1) is 8.04. The van der Waals surface area contributed by atoms with Gasteiger partial charge in [-0.25, -0.2) is 0 Å². The summed E-state index contributed by atoms with van der Waals surface area (Å²) in [6.07, 6.45) is 0.866. The lowest BCUT2D eigenvalue weighted by Gasteiger charge is -2.23. The smallest absolute Gasteiger partial charge is 0.182 e. The number of benzene rings is 1. The average molecular weight is 250 g/mol. The van der Waals surface area contributed by atoms with Gasteiger partial charge in [0.1, 0.15) is 6.29 Å². The lowest BCUT2D eigenvalue weighted by molar-refractivity contribution is 0.112. The predicted octanol–water partition coefficient (Wildman–Crippen LogP) is 3.56. The van der Waals surface area contributed by atoms with Gasteiger partial charge in [-0.05, 0) is 16.6 Å². The highest BCUT2D eigenvalue weighted by Gasteiger charge is 2.20. The van der Waals surface area contributed by atoms with E-state index in [1.54, 1.807) is 0 Å². The van der Waals surface area contributed by atoms with Gasteiger partial charge in [0.25, 0.3) is 0 Å².